The summed E-state index contributed by atoms with van der Waals surface area (Å²) in [4.78, 5) is 15.3. The Hall–Kier alpha value is -2.21. The first-order valence-electron chi connectivity index (χ1n) is 10.6. The molecule has 5 heteroatoms. The van der Waals surface area contributed by atoms with Gasteiger partial charge in [0.1, 0.15) is 0 Å². The van der Waals surface area contributed by atoms with E-state index in [1.165, 1.54) is 11.1 Å². The molecule has 4 rings (SSSR count). The van der Waals surface area contributed by atoms with Gasteiger partial charge in [0.2, 0.25) is 0 Å². The molecule has 1 aliphatic carbocycles. The van der Waals surface area contributed by atoms with Crippen LogP contribution in [0, 0.1) is 5.92 Å². The second-order valence-electron chi connectivity index (χ2n) is 8.21. The molecule has 1 saturated heterocycles. The Kier molecular flexibility index (Phi) is 6.28. The van der Waals surface area contributed by atoms with Gasteiger partial charge in [-0.2, -0.15) is 0 Å². The van der Waals surface area contributed by atoms with E-state index in [0.29, 0.717) is 6.54 Å². The number of hydrogen-bond donors (Lipinski definition) is 3. The second kappa shape index (κ2) is 9.08. The van der Waals surface area contributed by atoms with Crippen LogP contribution < -0.4 is 5.32 Å². The summed E-state index contributed by atoms with van der Waals surface area (Å²) in [5.41, 5.74) is 4.27. The van der Waals surface area contributed by atoms with Crippen LogP contribution in [0.2, 0.25) is 0 Å². The van der Waals surface area contributed by atoms with E-state index in [1.54, 1.807) is 0 Å². The van der Waals surface area contributed by atoms with Gasteiger partial charge in [-0.25, -0.2) is 0 Å². The van der Waals surface area contributed by atoms with E-state index in [2.05, 4.69) is 28.4 Å². The van der Waals surface area contributed by atoms with Gasteiger partial charge >= 0.3 is 0 Å². The molecule has 1 fully saturated rings. The fourth-order valence-corrected chi connectivity index (χ4v) is 4.73. The van der Waals surface area contributed by atoms with E-state index < -0.39 is 0 Å². The number of aliphatic hydroxyl groups excluding tert-OH is 2. The van der Waals surface area contributed by atoms with Crippen LogP contribution in [0.1, 0.15) is 34.3 Å². The van der Waals surface area contributed by atoms with Crippen molar-refractivity contribution in [3.05, 3.63) is 65.2 Å². The lowest BCUT2D eigenvalue weighted by atomic mass is 9.83. The number of nitrogens with zero attached hydrogens (tertiary/aromatic N) is 1. The summed E-state index contributed by atoms with van der Waals surface area (Å²) in [6, 6.07) is 16.1. The molecule has 29 heavy (non-hydrogen) atoms. The van der Waals surface area contributed by atoms with Gasteiger partial charge in [-0.15, -0.1) is 0 Å². The number of fused-ring (bicyclic) bond motifs is 1. The van der Waals surface area contributed by atoms with Gasteiger partial charge in [0.05, 0.1) is 12.7 Å². The molecule has 0 radical (unpaired) electrons. The molecule has 0 saturated carbocycles. The maximum absolute atomic E-state index is 12.9. The number of piperidine rings is 1. The number of benzene rings is 2. The molecule has 2 atom stereocenters. The van der Waals surface area contributed by atoms with Crippen molar-refractivity contribution in [1.82, 2.24) is 4.90 Å². The monoisotopic (exact) mass is 394 g/mol. The third kappa shape index (κ3) is 4.53. The molecule has 3 N–H and O–H groups in total. The van der Waals surface area contributed by atoms with Crippen molar-refractivity contribution in [2.24, 2.45) is 5.92 Å². The number of aliphatic hydroxyl groups is 2. The summed E-state index contributed by atoms with van der Waals surface area (Å²) in [6.45, 7) is 2.30. The Bertz CT molecular complexity index is 828. The highest BCUT2D eigenvalue weighted by molar-refractivity contribution is 5.98. The van der Waals surface area contributed by atoms with Gasteiger partial charge in [0.15, 0.2) is 5.78 Å². The number of hydrogen-bond acceptors (Lipinski definition) is 5. The highest BCUT2D eigenvalue weighted by Gasteiger charge is 2.35. The minimum Gasteiger partial charge on any atom is -0.395 e. The molecular formula is C24H30N2O3. The van der Waals surface area contributed by atoms with E-state index in [1.807, 2.05) is 30.3 Å². The molecule has 1 heterocycles. The molecule has 0 amide bonds. The van der Waals surface area contributed by atoms with E-state index in [0.717, 1.165) is 50.0 Å². The first-order valence-corrected chi connectivity index (χ1v) is 10.6. The van der Waals surface area contributed by atoms with Gasteiger partial charge < -0.3 is 15.5 Å². The summed E-state index contributed by atoms with van der Waals surface area (Å²) in [6.07, 6.45) is 2.95. The lowest BCUT2D eigenvalue weighted by Crippen LogP contribution is -2.51. The van der Waals surface area contributed by atoms with Gasteiger partial charge in [0.25, 0.3) is 0 Å². The number of ketones is 1. The molecule has 2 aromatic carbocycles. The maximum atomic E-state index is 12.9. The molecule has 154 valence electrons. The summed E-state index contributed by atoms with van der Waals surface area (Å²) in [5, 5.41) is 22.7. The largest absolute Gasteiger partial charge is 0.395 e. The molecule has 0 aromatic heterocycles. The molecule has 0 bridgehead atoms. The van der Waals surface area contributed by atoms with Gasteiger partial charge in [-0.3, -0.25) is 9.69 Å². The average Bonchev–Trinajstić information content (AvgIpc) is 2.77. The Morgan fingerprint density at radius 3 is 2.31 bits per heavy atom. The lowest BCUT2D eigenvalue weighted by molar-refractivity contribution is 0.0239. The highest BCUT2D eigenvalue weighted by atomic mass is 16.3. The Morgan fingerprint density at radius 2 is 1.66 bits per heavy atom. The van der Waals surface area contributed by atoms with Gasteiger partial charge in [0, 0.05) is 36.2 Å². The third-order valence-electron chi connectivity index (χ3n) is 6.40. The van der Waals surface area contributed by atoms with Crippen LogP contribution in [-0.4, -0.2) is 59.3 Å². The quantitative estimate of drug-likeness (QED) is 0.657. The van der Waals surface area contributed by atoms with E-state index >= 15 is 0 Å². The van der Waals surface area contributed by atoms with Crippen LogP contribution in [0.5, 0.6) is 0 Å². The van der Waals surface area contributed by atoms with E-state index in [9.17, 15) is 9.90 Å². The van der Waals surface area contributed by atoms with Gasteiger partial charge in [-0.05, 0) is 67.7 Å². The van der Waals surface area contributed by atoms with Crippen molar-refractivity contribution in [3.8, 4) is 0 Å². The van der Waals surface area contributed by atoms with Crippen LogP contribution >= 0.6 is 0 Å². The van der Waals surface area contributed by atoms with E-state index in [4.69, 9.17) is 5.11 Å². The number of carbonyl (C=O) groups is 1. The fraction of sp³-hybridized carbons (Fsp3) is 0.458. The summed E-state index contributed by atoms with van der Waals surface area (Å²) >= 11 is 0. The highest BCUT2D eigenvalue weighted by Crippen LogP contribution is 2.29. The first kappa shape index (κ1) is 20.1. The molecule has 0 spiro atoms. The van der Waals surface area contributed by atoms with E-state index in [-0.39, 0.29) is 30.5 Å². The molecule has 2 aromatic rings. The number of likely N-dealkylation sites (tertiary alicyclic amines) is 1. The summed E-state index contributed by atoms with van der Waals surface area (Å²) < 4.78 is 0. The van der Waals surface area contributed by atoms with Crippen LogP contribution in [-0.2, 0) is 12.8 Å². The number of anilines is 1. The SMILES string of the molecule is O=C(c1ccc(NCCO)cc1)C1CCN(C2Cc3ccccc3CC2O)CC1. The lowest BCUT2D eigenvalue weighted by Gasteiger charge is -2.41. The fourth-order valence-electron chi connectivity index (χ4n) is 4.73. The van der Waals surface area contributed by atoms with Crippen molar-refractivity contribution in [2.75, 3.05) is 31.6 Å². The topological polar surface area (TPSA) is 72.8 Å². The van der Waals surface area contributed by atoms with Gasteiger partial charge in [-0.1, -0.05) is 24.3 Å². The standard InChI is InChI=1S/C24H30N2O3/c27-14-11-25-21-7-5-17(6-8-21)24(29)18-9-12-26(13-10-18)22-15-19-3-1-2-4-20(19)16-23(22)28/h1-8,18,22-23,25,27-28H,9-16H2. The smallest absolute Gasteiger partial charge is 0.166 e. The normalized spacial score (nSPS) is 22.8. The molecule has 5 nitrogen and oxygen atoms in total. The van der Waals surface area contributed by atoms with Crippen molar-refractivity contribution in [1.29, 1.82) is 0 Å². The van der Waals surface area contributed by atoms with Crippen LogP contribution in [0.4, 0.5) is 5.69 Å². The summed E-state index contributed by atoms with van der Waals surface area (Å²) in [7, 11) is 0. The minimum atomic E-state index is -0.337. The molecule has 1 aliphatic heterocycles. The van der Waals surface area contributed by atoms with Crippen molar-refractivity contribution in [3.63, 3.8) is 0 Å². The van der Waals surface area contributed by atoms with Crippen molar-refractivity contribution < 1.29 is 15.0 Å². The minimum absolute atomic E-state index is 0.0514. The molecule has 2 unspecified atom stereocenters. The third-order valence-corrected chi connectivity index (χ3v) is 6.40. The average molecular weight is 395 g/mol. The predicted molar refractivity (Wildman–Crippen MR) is 114 cm³/mol. The molecule has 2 aliphatic rings. The number of Topliss-reactive ketones (excluding diaryl/α,β-unsaturated/α-hetero) is 1. The first-order chi connectivity index (χ1) is 14.2. The molecular weight excluding hydrogens is 364 g/mol. The Labute approximate surface area is 172 Å². The summed E-state index contributed by atoms with van der Waals surface area (Å²) in [5.74, 6) is 0.267. The second-order valence-corrected chi connectivity index (χ2v) is 8.21. The zero-order valence-corrected chi connectivity index (χ0v) is 16.8. The number of carbonyl (C=O) groups excluding carboxylic acids is 1. The Morgan fingerprint density at radius 1 is 1.00 bits per heavy atom. The van der Waals surface area contributed by atoms with Crippen LogP contribution in [0.25, 0.3) is 0 Å². The van der Waals surface area contributed by atoms with Crippen LogP contribution in [0.15, 0.2) is 48.5 Å². The number of nitrogens with one attached hydrogen (secondary N) is 1. The van der Waals surface area contributed by atoms with Crippen molar-refractivity contribution >= 4 is 11.5 Å². The predicted octanol–water partition coefficient (Wildman–Crippen LogP) is 2.51. The van der Waals surface area contributed by atoms with Crippen LogP contribution in [0.3, 0.4) is 0 Å². The number of rotatable bonds is 6. The Balaban J connectivity index is 1.34. The van der Waals surface area contributed by atoms with Crippen molar-refractivity contribution in [2.45, 2.75) is 37.8 Å². The zero-order valence-electron chi connectivity index (χ0n) is 16.8. The zero-order chi connectivity index (χ0) is 20.2. The maximum Gasteiger partial charge on any atom is 0.166 e.